The highest BCUT2D eigenvalue weighted by Crippen LogP contribution is 2.35. The summed E-state index contributed by atoms with van der Waals surface area (Å²) in [6.45, 7) is 1.76. The maximum absolute atomic E-state index is 11.7. The summed E-state index contributed by atoms with van der Waals surface area (Å²) >= 11 is 1.45. The topological polar surface area (TPSA) is 91.2 Å². The van der Waals surface area contributed by atoms with Crippen LogP contribution in [-0.4, -0.2) is 34.2 Å². The summed E-state index contributed by atoms with van der Waals surface area (Å²) in [5.41, 5.74) is 7.10. The molecule has 2 N–H and O–H groups in total. The number of aromatic nitrogens is 1. The van der Waals surface area contributed by atoms with Gasteiger partial charge < -0.3 is 5.73 Å². The molecular weight excluding hydrogens is 290 g/mol. The third kappa shape index (κ3) is 3.43. The lowest BCUT2D eigenvalue weighted by Gasteiger charge is -2.11. The molecule has 0 aliphatic rings. The minimum atomic E-state index is -0.325. The molecule has 0 amide bonds. The van der Waals surface area contributed by atoms with E-state index >= 15 is 0 Å². The van der Waals surface area contributed by atoms with Gasteiger partial charge in [0, 0.05) is 35.7 Å². The Balaban J connectivity index is 2.51. The molecule has 0 saturated heterocycles. The number of para-hydroxylation sites is 1. The number of nitrogens with zero attached hydrogens (tertiary/aromatic N) is 2. The van der Waals surface area contributed by atoms with Crippen molar-refractivity contribution >= 4 is 28.6 Å². The molecule has 1 atom stereocenters. The molecule has 112 valence electrons. The zero-order valence-corrected chi connectivity index (χ0v) is 12.5. The molecule has 1 aromatic heterocycles. The highest BCUT2D eigenvalue weighted by Gasteiger charge is 2.23. The molecule has 2 aromatic rings. The van der Waals surface area contributed by atoms with Crippen LogP contribution in [0, 0.1) is 10.1 Å². The van der Waals surface area contributed by atoms with Crippen molar-refractivity contribution in [2.24, 2.45) is 5.73 Å². The first-order chi connectivity index (χ1) is 10.0. The Hall–Kier alpha value is -1.86. The van der Waals surface area contributed by atoms with Crippen LogP contribution in [0.5, 0.6) is 0 Å². The van der Waals surface area contributed by atoms with E-state index < -0.39 is 0 Å². The van der Waals surface area contributed by atoms with E-state index in [1.165, 1.54) is 18.7 Å². The maximum Gasteiger partial charge on any atom is 0.227 e. The Morgan fingerprint density at radius 1 is 1.48 bits per heavy atom. The third-order valence-electron chi connectivity index (χ3n) is 3.18. The van der Waals surface area contributed by atoms with E-state index in [1.807, 2.05) is 24.3 Å². The van der Waals surface area contributed by atoms with Gasteiger partial charge in [-0.25, -0.2) is 0 Å². The van der Waals surface area contributed by atoms with Crippen molar-refractivity contribution in [2.45, 2.75) is 12.2 Å². The van der Waals surface area contributed by atoms with Crippen LogP contribution in [-0.2, 0) is 0 Å². The fraction of sp³-hybridized carbons (Fsp3) is 0.357. The maximum atomic E-state index is 11.7. The van der Waals surface area contributed by atoms with Gasteiger partial charge in [-0.05, 0) is 11.6 Å². The second-order valence-corrected chi connectivity index (χ2v) is 5.96. The van der Waals surface area contributed by atoms with Crippen molar-refractivity contribution in [1.29, 1.82) is 0 Å². The second-order valence-electron chi connectivity index (χ2n) is 4.65. The van der Waals surface area contributed by atoms with E-state index in [2.05, 4.69) is 0 Å². The average molecular weight is 307 g/mol. The summed E-state index contributed by atoms with van der Waals surface area (Å²) in [5.74, 6) is 0.527. The molecule has 0 spiro atoms. The zero-order chi connectivity index (χ0) is 15.4. The molecular formula is C14H17N3O3S. The van der Waals surface area contributed by atoms with E-state index in [1.54, 1.807) is 10.8 Å². The summed E-state index contributed by atoms with van der Waals surface area (Å²) in [4.78, 5) is 22.3. The average Bonchev–Trinajstić information content (AvgIpc) is 2.83. The summed E-state index contributed by atoms with van der Waals surface area (Å²) in [5, 5.41) is 11.5. The SMILES string of the molecule is CC(=O)n1cc([C@H](C[N+](=O)[O-])SCCN)c2ccccc21. The monoisotopic (exact) mass is 307 g/mol. The predicted octanol–water partition coefficient (Wildman–Crippen LogP) is 2.31. The van der Waals surface area contributed by atoms with Gasteiger partial charge in [0.15, 0.2) is 0 Å². The molecule has 0 aliphatic carbocycles. The van der Waals surface area contributed by atoms with E-state index in [0.29, 0.717) is 12.3 Å². The third-order valence-corrected chi connectivity index (χ3v) is 4.46. The van der Waals surface area contributed by atoms with Gasteiger partial charge in [-0.1, -0.05) is 18.2 Å². The minimum Gasteiger partial charge on any atom is -0.330 e. The first-order valence-electron chi connectivity index (χ1n) is 6.59. The summed E-state index contributed by atoms with van der Waals surface area (Å²) in [6.07, 6.45) is 1.71. The lowest BCUT2D eigenvalue weighted by atomic mass is 10.1. The van der Waals surface area contributed by atoms with Crippen LogP contribution in [0.15, 0.2) is 30.5 Å². The fourth-order valence-corrected chi connectivity index (χ4v) is 3.32. The van der Waals surface area contributed by atoms with E-state index in [4.69, 9.17) is 5.73 Å². The Morgan fingerprint density at radius 3 is 2.81 bits per heavy atom. The summed E-state index contributed by atoms with van der Waals surface area (Å²) in [7, 11) is 0. The molecule has 0 saturated carbocycles. The molecule has 7 heteroatoms. The molecule has 6 nitrogen and oxygen atoms in total. The molecule has 2 rings (SSSR count). The van der Waals surface area contributed by atoms with Crippen molar-refractivity contribution in [1.82, 2.24) is 4.57 Å². The van der Waals surface area contributed by atoms with Crippen LogP contribution in [0.25, 0.3) is 10.9 Å². The van der Waals surface area contributed by atoms with Crippen LogP contribution in [0.4, 0.5) is 0 Å². The molecule has 1 heterocycles. The number of thioether (sulfide) groups is 1. The zero-order valence-electron chi connectivity index (χ0n) is 11.7. The van der Waals surface area contributed by atoms with Crippen LogP contribution in [0.3, 0.4) is 0 Å². The quantitative estimate of drug-likeness (QED) is 0.653. The minimum absolute atomic E-state index is 0.110. The van der Waals surface area contributed by atoms with Crippen molar-refractivity contribution in [3.63, 3.8) is 0 Å². The highest BCUT2D eigenvalue weighted by molar-refractivity contribution is 7.99. The van der Waals surface area contributed by atoms with E-state index in [0.717, 1.165) is 16.5 Å². The number of nitrogens with two attached hydrogens (primary N) is 1. The fourth-order valence-electron chi connectivity index (χ4n) is 2.31. The molecule has 21 heavy (non-hydrogen) atoms. The van der Waals surface area contributed by atoms with Gasteiger partial charge in [0.25, 0.3) is 0 Å². The summed E-state index contributed by atoms with van der Waals surface area (Å²) < 4.78 is 1.54. The van der Waals surface area contributed by atoms with Gasteiger partial charge in [0.1, 0.15) is 0 Å². The van der Waals surface area contributed by atoms with Crippen molar-refractivity contribution in [3.05, 3.63) is 46.1 Å². The molecule has 0 bridgehead atoms. The first kappa shape index (κ1) is 15.5. The number of benzene rings is 1. The number of carbonyl (C=O) groups is 1. The Labute approximate surface area is 126 Å². The number of rotatable bonds is 6. The van der Waals surface area contributed by atoms with Crippen LogP contribution >= 0.6 is 11.8 Å². The van der Waals surface area contributed by atoms with Gasteiger partial charge in [-0.3, -0.25) is 19.5 Å². The van der Waals surface area contributed by atoms with E-state index in [9.17, 15) is 14.9 Å². The normalized spacial score (nSPS) is 12.5. The van der Waals surface area contributed by atoms with Gasteiger partial charge >= 0.3 is 0 Å². The smallest absolute Gasteiger partial charge is 0.227 e. The number of hydrogen-bond donors (Lipinski definition) is 1. The van der Waals surface area contributed by atoms with Crippen molar-refractivity contribution in [3.8, 4) is 0 Å². The lowest BCUT2D eigenvalue weighted by Crippen LogP contribution is -2.12. The lowest BCUT2D eigenvalue weighted by molar-refractivity contribution is -0.479. The Morgan fingerprint density at radius 2 is 2.19 bits per heavy atom. The van der Waals surface area contributed by atoms with Gasteiger partial charge in [0.05, 0.1) is 10.8 Å². The first-order valence-corrected chi connectivity index (χ1v) is 7.64. The van der Waals surface area contributed by atoms with Crippen molar-refractivity contribution < 1.29 is 9.72 Å². The van der Waals surface area contributed by atoms with Gasteiger partial charge in [-0.2, -0.15) is 0 Å². The number of fused-ring (bicyclic) bond motifs is 1. The van der Waals surface area contributed by atoms with Gasteiger partial charge in [0.2, 0.25) is 12.5 Å². The second kappa shape index (κ2) is 6.73. The van der Waals surface area contributed by atoms with Crippen LogP contribution < -0.4 is 5.73 Å². The Bertz CT molecular complexity index is 669. The highest BCUT2D eigenvalue weighted by atomic mass is 32.2. The molecule has 1 aromatic carbocycles. The number of carbonyl (C=O) groups excluding carboxylic acids is 1. The Kier molecular flexibility index (Phi) is 4.98. The van der Waals surface area contributed by atoms with E-state index in [-0.39, 0.29) is 22.6 Å². The molecule has 0 radical (unpaired) electrons. The predicted molar refractivity (Wildman–Crippen MR) is 84.4 cm³/mol. The largest absolute Gasteiger partial charge is 0.330 e. The summed E-state index contributed by atoms with van der Waals surface area (Å²) in [6, 6.07) is 7.45. The van der Waals surface area contributed by atoms with Crippen LogP contribution in [0.1, 0.15) is 22.5 Å². The number of hydrogen-bond acceptors (Lipinski definition) is 5. The molecule has 0 unspecified atom stereocenters. The molecule has 0 fully saturated rings. The van der Waals surface area contributed by atoms with Gasteiger partial charge in [-0.15, -0.1) is 11.8 Å². The van der Waals surface area contributed by atoms with Crippen LogP contribution in [0.2, 0.25) is 0 Å². The standard InChI is InChI=1S/C14H17N3O3S/c1-10(18)16-8-12(11-4-2-3-5-13(11)16)14(9-17(19)20)21-7-6-15/h2-5,8,14H,6-7,9,15H2,1H3/t14-/m0/s1. The molecule has 0 aliphatic heterocycles. The number of nitro groups is 1. The van der Waals surface area contributed by atoms with Crippen molar-refractivity contribution in [2.75, 3.05) is 18.8 Å².